The Morgan fingerprint density at radius 3 is 2.56 bits per heavy atom. The number of hydrogen-bond acceptors (Lipinski definition) is 10. The van der Waals surface area contributed by atoms with E-state index in [0.29, 0.717) is 28.3 Å². The molecule has 0 radical (unpaired) electrons. The van der Waals surface area contributed by atoms with Gasteiger partial charge in [-0.2, -0.15) is 5.10 Å². The van der Waals surface area contributed by atoms with E-state index >= 15 is 0 Å². The van der Waals surface area contributed by atoms with Gasteiger partial charge in [0.2, 0.25) is 5.95 Å². The monoisotopic (exact) mass is 553 g/mol. The van der Waals surface area contributed by atoms with Crippen molar-refractivity contribution in [2.45, 2.75) is 46.1 Å². The molecule has 0 spiro atoms. The number of esters is 1. The van der Waals surface area contributed by atoms with E-state index in [2.05, 4.69) is 41.6 Å². The lowest BCUT2D eigenvalue weighted by Gasteiger charge is -2.32. The quantitative estimate of drug-likeness (QED) is 0.275. The zero-order valence-corrected chi connectivity index (χ0v) is 23.7. The Morgan fingerprint density at radius 1 is 1.10 bits per heavy atom. The van der Waals surface area contributed by atoms with Crippen molar-refractivity contribution < 1.29 is 9.53 Å². The van der Waals surface area contributed by atoms with Crippen molar-refractivity contribution in [2.24, 2.45) is 5.41 Å². The third-order valence-corrected chi connectivity index (χ3v) is 7.62. The summed E-state index contributed by atoms with van der Waals surface area (Å²) in [4.78, 5) is 24.2. The molecule has 1 aromatic carbocycles. The number of nitrogens with zero attached hydrogens (tertiary/aromatic N) is 7. The standard InChI is InChI=1S/C30H35N9O2/c1-30(2,3)28(40)41-25-7-5-4-6-22(25)23-16-24-26(36-35-23)27(31)37-39(24)21-10-14-38(15-11-21)29-33-17-20(18-34-29)19-8-12-32-13-9-19/h4-8,16-18,21,32H,9-15H2,1-3H3,(H2,31,37). The van der Waals surface area contributed by atoms with Crippen LogP contribution >= 0.6 is 0 Å². The fourth-order valence-electron chi connectivity index (χ4n) is 5.23. The first-order valence-electron chi connectivity index (χ1n) is 14.1. The van der Waals surface area contributed by atoms with Crippen LogP contribution in [0.5, 0.6) is 5.75 Å². The molecule has 212 valence electrons. The summed E-state index contributed by atoms with van der Waals surface area (Å²) in [6.45, 7) is 8.95. The van der Waals surface area contributed by atoms with Crippen LogP contribution in [0.25, 0.3) is 27.9 Å². The average molecular weight is 554 g/mol. The predicted octanol–water partition coefficient (Wildman–Crippen LogP) is 4.04. The lowest BCUT2D eigenvalue weighted by Crippen LogP contribution is -2.36. The average Bonchev–Trinajstić information content (AvgIpc) is 3.33. The number of nitrogens with two attached hydrogens (primary N) is 1. The summed E-state index contributed by atoms with van der Waals surface area (Å²) in [5, 5.41) is 16.8. The van der Waals surface area contributed by atoms with Gasteiger partial charge in [-0.1, -0.05) is 18.2 Å². The van der Waals surface area contributed by atoms with Gasteiger partial charge in [0.05, 0.1) is 22.7 Å². The number of aromatic nitrogens is 6. The van der Waals surface area contributed by atoms with E-state index in [1.165, 1.54) is 5.57 Å². The number of benzene rings is 1. The third kappa shape index (κ3) is 5.49. The van der Waals surface area contributed by atoms with Gasteiger partial charge in [0.1, 0.15) is 5.75 Å². The number of piperidine rings is 1. The second-order valence-electron chi connectivity index (χ2n) is 11.6. The molecule has 0 atom stereocenters. The highest BCUT2D eigenvalue weighted by molar-refractivity contribution is 5.88. The van der Waals surface area contributed by atoms with Crippen molar-refractivity contribution in [3.63, 3.8) is 0 Å². The molecule has 0 aliphatic carbocycles. The highest BCUT2D eigenvalue weighted by atomic mass is 16.5. The molecule has 1 fully saturated rings. The normalized spacial score (nSPS) is 16.6. The third-order valence-electron chi connectivity index (χ3n) is 7.62. The molecule has 2 aliphatic rings. The van der Waals surface area contributed by atoms with E-state index in [4.69, 9.17) is 10.5 Å². The largest absolute Gasteiger partial charge is 0.425 e. The molecule has 1 saturated heterocycles. The zero-order valence-electron chi connectivity index (χ0n) is 23.7. The van der Waals surface area contributed by atoms with E-state index in [-0.39, 0.29) is 12.0 Å². The summed E-state index contributed by atoms with van der Waals surface area (Å²) in [7, 11) is 0. The van der Waals surface area contributed by atoms with Crippen LogP contribution in [0, 0.1) is 5.41 Å². The fraction of sp³-hybridized carbons (Fsp3) is 0.400. The van der Waals surface area contributed by atoms with Crippen molar-refractivity contribution in [1.82, 2.24) is 35.3 Å². The van der Waals surface area contributed by atoms with Crippen molar-refractivity contribution in [3.8, 4) is 17.0 Å². The van der Waals surface area contributed by atoms with Gasteiger partial charge in [0, 0.05) is 43.2 Å². The predicted molar refractivity (Wildman–Crippen MR) is 158 cm³/mol. The van der Waals surface area contributed by atoms with E-state index in [9.17, 15) is 4.79 Å². The second-order valence-corrected chi connectivity index (χ2v) is 11.6. The lowest BCUT2D eigenvalue weighted by molar-refractivity contribution is -0.142. The van der Waals surface area contributed by atoms with Crippen molar-refractivity contribution in [2.75, 3.05) is 36.8 Å². The number of nitrogens with one attached hydrogen (secondary N) is 1. The van der Waals surface area contributed by atoms with Gasteiger partial charge < -0.3 is 20.7 Å². The molecule has 11 heteroatoms. The number of anilines is 2. The number of rotatable bonds is 5. The van der Waals surface area contributed by atoms with Crippen LogP contribution in [0.1, 0.15) is 51.6 Å². The van der Waals surface area contributed by atoms with Gasteiger partial charge in [-0.15, -0.1) is 10.2 Å². The first kappa shape index (κ1) is 26.8. The van der Waals surface area contributed by atoms with Crippen molar-refractivity contribution in [1.29, 1.82) is 0 Å². The molecular weight excluding hydrogens is 518 g/mol. The van der Waals surface area contributed by atoms with Crippen LogP contribution in [0.15, 0.2) is 48.8 Å². The maximum atomic E-state index is 12.6. The minimum atomic E-state index is -0.636. The van der Waals surface area contributed by atoms with E-state index in [0.717, 1.165) is 62.5 Å². The van der Waals surface area contributed by atoms with E-state index in [1.807, 2.05) is 62.1 Å². The summed E-state index contributed by atoms with van der Waals surface area (Å²) in [6, 6.07) is 9.42. The minimum Gasteiger partial charge on any atom is -0.425 e. The lowest BCUT2D eigenvalue weighted by atomic mass is 9.97. The number of carbonyl (C=O) groups is 1. The van der Waals surface area contributed by atoms with Crippen molar-refractivity contribution >= 4 is 34.3 Å². The highest BCUT2D eigenvalue weighted by Crippen LogP contribution is 2.34. The highest BCUT2D eigenvalue weighted by Gasteiger charge is 2.27. The Hall–Kier alpha value is -4.38. The molecular formula is C30H35N9O2. The van der Waals surface area contributed by atoms with Crippen LogP contribution in [-0.2, 0) is 4.79 Å². The van der Waals surface area contributed by atoms with Gasteiger partial charge in [-0.3, -0.25) is 9.48 Å². The minimum absolute atomic E-state index is 0.135. The molecule has 0 unspecified atom stereocenters. The van der Waals surface area contributed by atoms with Gasteiger partial charge >= 0.3 is 5.97 Å². The van der Waals surface area contributed by atoms with E-state index in [1.54, 1.807) is 6.07 Å². The molecule has 5 heterocycles. The molecule has 0 amide bonds. The molecule has 41 heavy (non-hydrogen) atoms. The Labute approximate surface area is 238 Å². The van der Waals surface area contributed by atoms with Gasteiger partial charge in [0.25, 0.3) is 0 Å². The molecule has 0 bridgehead atoms. The number of ether oxygens (including phenoxy) is 1. The Bertz CT molecular complexity index is 1600. The first-order chi connectivity index (χ1) is 19.8. The van der Waals surface area contributed by atoms with Crippen LogP contribution in [0.2, 0.25) is 0 Å². The smallest absolute Gasteiger partial charge is 0.316 e. The fourth-order valence-corrected chi connectivity index (χ4v) is 5.23. The van der Waals surface area contributed by atoms with Gasteiger partial charge in [-0.05, 0) is 70.4 Å². The molecule has 6 rings (SSSR count). The number of fused-ring (bicyclic) bond motifs is 1. The van der Waals surface area contributed by atoms with Crippen molar-refractivity contribution in [3.05, 3.63) is 54.4 Å². The summed E-state index contributed by atoms with van der Waals surface area (Å²) >= 11 is 0. The second kappa shape index (κ2) is 10.9. The SMILES string of the molecule is CC(C)(C)C(=O)Oc1ccccc1-c1cc2c(nn1)c(N)nn2C1CCN(c2ncc(C3=CCNCC3)cn2)CC1. The molecule has 4 aromatic rings. The van der Waals surface area contributed by atoms with Crippen LogP contribution in [0.3, 0.4) is 0 Å². The summed E-state index contributed by atoms with van der Waals surface area (Å²) in [5.74, 6) is 1.22. The Balaban J connectivity index is 1.21. The topological polar surface area (TPSA) is 137 Å². The maximum absolute atomic E-state index is 12.6. The molecule has 0 saturated carbocycles. The number of carbonyl (C=O) groups excluding carboxylic acids is 1. The Morgan fingerprint density at radius 2 is 1.85 bits per heavy atom. The molecule has 3 aromatic heterocycles. The number of hydrogen-bond donors (Lipinski definition) is 2. The summed E-state index contributed by atoms with van der Waals surface area (Å²) in [5.41, 5.74) is 10.7. The van der Waals surface area contributed by atoms with E-state index < -0.39 is 5.41 Å². The van der Waals surface area contributed by atoms with Gasteiger partial charge in [0.15, 0.2) is 11.3 Å². The summed E-state index contributed by atoms with van der Waals surface area (Å²) in [6.07, 6.45) is 8.79. The van der Waals surface area contributed by atoms with Crippen LogP contribution in [-0.4, -0.2) is 62.1 Å². The zero-order chi connectivity index (χ0) is 28.6. The van der Waals surface area contributed by atoms with Crippen LogP contribution < -0.4 is 20.7 Å². The molecule has 2 aliphatic heterocycles. The number of para-hydroxylation sites is 1. The number of nitrogen functional groups attached to an aromatic ring is 1. The summed E-state index contributed by atoms with van der Waals surface area (Å²) < 4.78 is 7.72. The maximum Gasteiger partial charge on any atom is 0.316 e. The Kier molecular flexibility index (Phi) is 7.12. The molecule has 11 nitrogen and oxygen atoms in total. The molecule has 3 N–H and O–H groups in total. The first-order valence-corrected chi connectivity index (χ1v) is 14.1. The van der Waals surface area contributed by atoms with Crippen LogP contribution in [0.4, 0.5) is 11.8 Å². The van der Waals surface area contributed by atoms with Gasteiger partial charge in [-0.25, -0.2) is 9.97 Å².